The van der Waals surface area contributed by atoms with Crippen molar-refractivity contribution in [3.63, 3.8) is 0 Å². The fraction of sp³-hybridized carbons (Fsp3) is 0.273. The first kappa shape index (κ1) is 14.0. The van der Waals surface area contributed by atoms with Crippen molar-refractivity contribution < 1.29 is 0 Å². The summed E-state index contributed by atoms with van der Waals surface area (Å²) in [6.45, 7) is 0. The molecular weight excluding hydrogens is 383 g/mol. The van der Waals surface area contributed by atoms with Crippen LogP contribution in [0, 0.1) is 0 Å². The quantitative estimate of drug-likeness (QED) is 0.869. The highest BCUT2D eigenvalue weighted by Gasteiger charge is 2.22. The van der Waals surface area contributed by atoms with Crippen LogP contribution >= 0.6 is 43.5 Å². The molecule has 0 spiro atoms. The van der Waals surface area contributed by atoms with Crippen LogP contribution < -0.4 is 5.32 Å². The molecule has 0 bridgehead atoms. The van der Waals surface area contributed by atoms with Gasteiger partial charge in [-0.3, -0.25) is 0 Å². The van der Waals surface area contributed by atoms with Crippen LogP contribution in [-0.2, 0) is 7.05 Å². The third kappa shape index (κ3) is 2.61. The van der Waals surface area contributed by atoms with Gasteiger partial charge in [0.05, 0.1) is 11.7 Å². The second-order valence-electron chi connectivity index (χ2n) is 3.78. The molecule has 1 unspecified atom stereocenters. The van der Waals surface area contributed by atoms with E-state index in [0.29, 0.717) is 5.02 Å². The lowest BCUT2D eigenvalue weighted by Crippen LogP contribution is -2.21. The summed E-state index contributed by atoms with van der Waals surface area (Å²) in [4.78, 5) is 0. The van der Waals surface area contributed by atoms with Gasteiger partial charge in [0.25, 0.3) is 0 Å². The van der Waals surface area contributed by atoms with Crippen LogP contribution in [0.5, 0.6) is 0 Å². The minimum atomic E-state index is -0.0222. The first-order valence-corrected chi connectivity index (χ1v) is 7.18. The average molecular weight is 394 g/mol. The molecule has 7 heteroatoms. The van der Waals surface area contributed by atoms with E-state index in [1.54, 1.807) is 4.68 Å². The molecule has 1 aromatic carbocycles. The van der Waals surface area contributed by atoms with Crippen LogP contribution in [0.1, 0.15) is 17.3 Å². The van der Waals surface area contributed by atoms with Crippen molar-refractivity contribution in [2.24, 2.45) is 7.05 Å². The molecule has 2 rings (SSSR count). The van der Waals surface area contributed by atoms with E-state index in [1.807, 2.05) is 32.3 Å². The first-order valence-electron chi connectivity index (χ1n) is 5.22. The monoisotopic (exact) mass is 392 g/mol. The molecule has 0 aliphatic heterocycles. The third-order valence-corrected chi connectivity index (χ3v) is 4.15. The van der Waals surface area contributed by atoms with E-state index in [1.165, 1.54) is 0 Å². The maximum atomic E-state index is 5.96. The summed E-state index contributed by atoms with van der Waals surface area (Å²) in [5.74, 6) is 0. The Morgan fingerprint density at radius 2 is 2.11 bits per heavy atom. The first-order chi connectivity index (χ1) is 8.54. The van der Waals surface area contributed by atoms with Gasteiger partial charge >= 0.3 is 0 Å². The molecule has 1 atom stereocenters. The molecule has 96 valence electrons. The number of aromatic nitrogens is 3. The molecule has 1 aromatic heterocycles. The molecule has 2 aromatic rings. The van der Waals surface area contributed by atoms with Crippen LogP contribution in [0.15, 0.2) is 27.3 Å². The fourth-order valence-electron chi connectivity index (χ4n) is 1.82. The summed E-state index contributed by atoms with van der Waals surface area (Å²) >= 11 is 12.9. The second kappa shape index (κ2) is 5.69. The lowest BCUT2D eigenvalue weighted by atomic mass is 10.0. The van der Waals surface area contributed by atoms with E-state index >= 15 is 0 Å². The van der Waals surface area contributed by atoms with E-state index in [9.17, 15) is 0 Å². The van der Waals surface area contributed by atoms with E-state index in [0.717, 1.165) is 20.3 Å². The lowest BCUT2D eigenvalue weighted by molar-refractivity contribution is 0.595. The van der Waals surface area contributed by atoms with Gasteiger partial charge < -0.3 is 5.32 Å². The highest BCUT2D eigenvalue weighted by Crippen LogP contribution is 2.32. The number of nitrogens with one attached hydrogen (secondary N) is 1. The van der Waals surface area contributed by atoms with Gasteiger partial charge in [0.2, 0.25) is 0 Å². The van der Waals surface area contributed by atoms with Gasteiger partial charge in [0, 0.05) is 16.5 Å². The molecule has 0 fully saturated rings. The highest BCUT2D eigenvalue weighted by atomic mass is 79.9. The number of hydrogen-bond donors (Lipinski definition) is 1. The van der Waals surface area contributed by atoms with Gasteiger partial charge in [-0.05, 0) is 40.7 Å². The van der Waals surface area contributed by atoms with Crippen molar-refractivity contribution in [3.05, 3.63) is 43.6 Å². The molecule has 0 radical (unpaired) electrons. The Morgan fingerprint density at radius 1 is 1.39 bits per heavy atom. The van der Waals surface area contributed by atoms with E-state index in [2.05, 4.69) is 47.5 Å². The normalized spacial score (nSPS) is 12.7. The van der Waals surface area contributed by atoms with Gasteiger partial charge in [0.1, 0.15) is 0 Å². The minimum Gasteiger partial charge on any atom is -0.308 e. The molecule has 0 amide bonds. The molecule has 0 saturated carbocycles. The Kier molecular flexibility index (Phi) is 4.42. The lowest BCUT2D eigenvalue weighted by Gasteiger charge is -2.18. The van der Waals surface area contributed by atoms with Crippen molar-refractivity contribution >= 4 is 43.5 Å². The number of aryl methyl sites for hydroxylation is 1. The van der Waals surface area contributed by atoms with Crippen molar-refractivity contribution in [3.8, 4) is 0 Å². The molecular formula is C11H11Br2ClN4. The Bertz CT molecular complexity index is 551. The predicted molar refractivity (Wildman–Crippen MR) is 78.8 cm³/mol. The largest absolute Gasteiger partial charge is 0.308 e. The van der Waals surface area contributed by atoms with Crippen LogP contribution in [0.2, 0.25) is 5.02 Å². The van der Waals surface area contributed by atoms with Gasteiger partial charge in [-0.1, -0.05) is 38.8 Å². The number of halogens is 3. The molecule has 18 heavy (non-hydrogen) atoms. The van der Waals surface area contributed by atoms with E-state index in [-0.39, 0.29) is 6.04 Å². The van der Waals surface area contributed by atoms with E-state index < -0.39 is 0 Å². The van der Waals surface area contributed by atoms with Crippen molar-refractivity contribution in [1.29, 1.82) is 0 Å². The summed E-state index contributed by atoms with van der Waals surface area (Å²) in [5, 5.41) is 12.0. The Labute approximate surface area is 127 Å². The molecule has 0 saturated heterocycles. The third-order valence-electron chi connectivity index (χ3n) is 2.66. The van der Waals surface area contributed by atoms with Gasteiger partial charge in [-0.15, -0.1) is 5.10 Å². The Morgan fingerprint density at radius 3 is 2.61 bits per heavy atom. The van der Waals surface area contributed by atoms with Crippen molar-refractivity contribution in [2.75, 3.05) is 7.05 Å². The predicted octanol–water partition coefficient (Wildman–Crippen LogP) is 3.30. The van der Waals surface area contributed by atoms with Gasteiger partial charge in [-0.2, -0.15) is 0 Å². The van der Waals surface area contributed by atoms with Crippen LogP contribution in [0.3, 0.4) is 0 Å². The molecule has 0 aliphatic rings. The molecule has 1 N–H and O–H groups in total. The second-order valence-corrected chi connectivity index (χ2v) is 5.82. The maximum absolute atomic E-state index is 5.96. The Hall–Kier alpha value is -0.430. The summed E-state index contributed by atoms with van der Waals surface area (Å²) in [7, 11) is 3.76. The number of nitrogens with zero attached hydrogens (tertiary/aromatic N) is 3. The van der Waals surface area contributed by atoms with Crippen molar-refractivity contribution in [2.45, 2.75) is 6.04 Å². The van der Waals surface area contributed by atoms with Crippen LogP contribution in [0.25, 0.3) is 0 Å². The average Bonchev–Trinajstić information content (AvgIpc) is 2.64. The summed E-state index contributed by atoms with van der Waals surface area (Å²) in [5.41, 5.74) is 2.04. The SMILES string of the molecule is CNC(c1ccc(Cl)cc1Br)c1c(Br)nnn1C. The highest BCUT2D eigenvalue weighted by molar-refractivity contribution is 9.10. The smallest absolute Gasteiger partial charge is 0.153 e. The standard InChI is InChI=1S/C11H11Br2ClN4/c1-15-9(10-11(13)16-17-18(10)2)7-4-3-6(14)5-8(7)12/h3-5,9,15H,1-2H3. The van der Waals surface area contributed by atoms with Crippen LogP contribution in [-0.4, -0.2) is 22.0 Å². The van der Waals surface area contributed by atoms with E-state index in [4.69, 9.17) is 11.6 Å². The fourth-order valence-corrected chi connectivity index (χ4v) is 3.29. The van der Waals surface area contributed by atoms with Gasteiger partial charge in [0.15, 0.2) is 4.60 Å². The molecule has 0 aliphatic carbocycles. The summed E-state index contributed by atoms with van der Waals surface area (Å²) in [6.07, 6.45) is 0. The summed E-state index contributed by atoms with van der Waals surface area (Å²) in [6, 6.07) is 5.70. The zero-order valence-corrected chi connectivity index (χ0v) is 13.7. The summed E-state index contributed by atoms with van der Waals surface area (Å²) < 4.78 is 3.42. The zero-order chi connectivity index (χ0) is 13.3. The van der Waals surface area contributed by atoms with Crippen molar-refractivity contribution in [1.82, 2.24) is 20.3 Å². The molecule has 1 heterocycles. The Balaban J connectivity index is 2.52. The number of rotatable bonds is 3. The minimum absolute atomic E-state index is 0.0222. The van der Waals surface area contributed by atoms with Gasteiger partial charge in [-0.25, -0.2) is 4.68 Å². The topological polar surface area (TPSA) is 42.7 Å². The maximum Gasteiger partial charge on any atom is 0.153 e. The number of benzene rings is 1. The zero-order valence-electron chi connectivity index (χ0n) is 9.78. The number of hydrogen-bond acceptors (Lipinski definition) is 3. The van der Waals surface area contributed by atoms with Crippen LogP contribution in [0.4, 0.5) is 0 Å². The molecule has 4 nitrogen and oxygen atoms in total.